The van der Waals surface area contributed by atoms with Gasteiger partial charge in [0, 0.05) is 18.0 Å². The SMILES string of the molecule is Cc1ccccc1-c1cnccc1CO. The topological polar surface area (TPSA) is 33.1 Å². The van der Waals surface area contributed by atoms with Gasteiger partial charge in [0.15, 0.2) is 0 Å². The maximum absolute atomic E-state index is 9.24. The summed E-state index contributed by atoms with van der Waals surface area (Å²) < 4.78 is 0. The van der Waals surface area contributed by atoms with Crippen molar-refractivity contribution in [1.29, 1.82) is 0 Å². The van der Waals surface area contributed by atoms with Gasteiger partial charge in [0.25, 0.3) is 0 Å². The van der Waals surface area contributed by atoms with Crippen molar-refractivity contribution >= 4 is 0 Å². The van der Waals surface area contributed by atoms with Crippen LogP contribution in [0.2, 0.25) is 0 Å². The minimum absolute atomic E-state index is 0.0478. The van der Waals surface area contributed by atoms with Crippen LogP contribution in [0, 0.1) is 6.92 Å². The average molecular weight is 199 g/mol. The fourth-order valence-electron chi connectivity index (χ4n) is 1.68. The third kappa shape index (κ3) is 1.90. The van der Waals surface area contributed by atoms with Crippen molar-refractivity contribution in [1.82, 2.24) is 4.98 Å². The molecule has 0 aliphatic rings. The number of pyridine rings is 1. The summed E-state index contributed by atoms with van der Waals surface area (Å²) in [5.41, 5.74) is 4.26. The van der Waals surface area contributed by atoms with Crippen LogP contribution in [0.4, 0.5) is 0 Å². The summed E-state index contributed by atoms with van der Waals surface area (Å²) in [6.07, 6.45) is 3.50. The van der Waals surface area contributed by atoms with E-state index in [0.29, 0.717) is 0 Å². The van der Waals surface area contributed by atoms with E-state index in [9.17, 15) is 5.11 Å². The molecule has 1 heterocycles. The maximum Gasteiger partial charge on any atom is 0.0689 e. The van der Waals surface area contributed by atoms with Crippen molar-refractivity contribution in [3.05, 3.63) is 53.9 Å². The highest BCUT2D eigenvalue weighted by atomic mass is 16.3. The molecule has 0 saturated heterocycles. The molecule has 2 aromatic rings. The van der Waals surface area contributed by atoms with Crippen molar-refractivity contribution in [2.45, 2.75) is 13.5 Å². The van der Waals surface area contributed by atoms with Gasteiger partial charge in [-0.25, -0.2) is 0 Å². The zero-order valence-corrected chi connectivity index (χ0v) is 8.64. The summed E-state index contributed by atoms with van der Waals surface area (Å²) >= 11 is 0. The van der Waals surface area contributed by atoms with Crippen molar-refractivity contribution in [2.24, 2.45) is 0 Å². The largest absolute Gasteiger partial charge is 0.392 e. The van der Waals surface area contributed by atoms with Gasteiger partial charge in [-0.1, -0.05) is 24.3 Å². The average Bonchev–Trinajstić information content (AvgIpc) is 2.30. The zero-order chi connectivity index (χ0) is 10.7. The van der Waals surface area contributed by atoms with E-state index in [1.54, 1.807) is 12.4 Å². The standard InChI is InChI=1S/C13H13NO/c1-10-4-2-3-5-12(10)13-8-14-7-6-11(13)9-15/h2-8,15H,9H2,1H3. The molecule has 0 aliphatic carbocycles. The molecule has 1 aromatic heterocycles. The van der Waals surface area contributed by atoms with Crippen LogP contribution >= 0.6 is 0 Å². The Morgan fingerprint density at radius 1 is 1.13 bits per heavy atom. The molecule has 0 saturated carbocycles. The van der Waals surface area contributed by atoms with Crippen LogP contribution < -0.4 is 0 Å². The number of nitrogens with zero attached hydrogens (tertiary/aromatic N) is 1. The summed E-state index contributed by atoms with van der Waals surface area (Å²) in [7, 11) is 0. The molecular formula is C13H13NO. The normalized spacial score (nSPS) is 10.3. The molecule has 1 N–H and O–H groups in total. The summed E-state index contributed by atoms with van der Waals surface area (Å²) in [5, 5.41) is 9.24. The Bertz CT molecular complexity index is 466. The first-order valence-corrected chi connectivity index (χ1v) is 4.92. The van der Waals surface area contributed by atoms with E-state index in [1.807, 2.05) is 24.3 Å². The minimum Gasteiger partial charge on any atom is -0.392 e. The van der Waals surface area contributed by atoms with Crippen molar-refractivity contribution < 1.29 is 5.11 Å². The van der Waals surface area contributed by atoms with E-state index in [1.165, 1.54) is 5.56 Å². The molecule has 76 valence electrons. The number of aliphatic hydroxyl groups excluding tert-OH is 1. The van der Waals surface area contributed by atoms with Gasteiger partial charge in [0.1, 0.15) is 0 Å². The van der Waals surface area contributed by atoms with Crippen molar-refractivity contribution in [2.75, 3.05) is 0 Å². The molecule has 0 aliphatic heterocycles. The third-order valence-corrected chi connectivity index (χ3v) is 2.52. The minimum atomic E-state index is 0.0478. The Labute approximate surface area is 89.2 Å². The Morgan fingerprint density at radius 2 is 1.93 bits per heavy atom. The number of rotatable bonds is 2. The molecule has 0 amide bonds. The van der Waals surface area contributed by atoms with Gasteiger partial charge in [-0.2, -0.15) is 0 Å². The van der Waals surface area contributed by atoms with E-state index in [2.05, 4.69) is 18.0 Å². The van der Waals surface area contributed by atoms with Gasteiger partial charge in [-0.15, -0.1) is 0 Å². The summed E-state index contributed by atoms with van der Waals surface area (Å²) in [5.74, 6) is 0. The number of hydrogen-bond acceptors (Lipinski definition) is 2. The van der Waals surface area contributed by atoms with E-state index >= 15 is 0 Å². The first-order valence-electron chi connectivity index (χ1n) is 4.92. The van der Waals surface area contributed by atoms with E-state index in [-0.39, 0.29) is 6.61 Å². The lowest BCUT2D eigenvalue weighted by Crippen LogP contribution is -1.92. The van der Waals surface area contributed by atoms with Gasteiger partial charge >= 0.3 is 0 Å². The highest BCUT2D eigenvalue weighted by Gasteiger charge is 2.05. The number of aliphatic hydroxyl groups is 1. The van der Waals surface area contributed by atoms with Gasteiger partial charge in [-0.05, 0) is 29.7 Å². The Morgan fingerprint density at radius 3 is 2.67 bits per heavy atom. The fourth-order valence-corrected chi connectivity index (χ4v) is 1.68. The quantitative estimate of drug-likeness (QED) is 0.806. The molecule has 2 heteroatoms. The first kappa shape index (κ1) is 9.87. The van der Waals surface area contributed by atoms with Gasteiger partial charge in [0.2, 0.25) is 0 Å². The number of aromatic nitrogens is 1. The number of benzene rings is 1. The first-order chi connectivity index (χ1) is 7.33. The van der Waals surface area contributed by atoms with Crippen LogP contribution in [-0.4, -0.2) is 10.1 Å². The van der Waals surface area contributed by atoms with E-state index in [4.69, 9.17) is 0 Å². The van der Waals surface area contributed by atoms with Gasteiger partial charge < -0.3 is 5.11 Å². The Kier molecular flexibility index (Phi) is 2.79. The summed E-state index contributed by atoms with van der Waals surface area (Å²) in [6.45, 7) is 2.11. The lowest BCUT2D eigenvalue weighted by atomic mass is 9.98. The second kappa shape index (κ2) is 4.24. The fraction of sp³-hybridized carbons (Fsp3) is 0.154. The molecule has 2 nitrogen and oxygen atoms in total. The molecule has 0 atom stereocenters. The van der Waals surface area contributed by atoms with Crippen LogP contribution in [-0.2, 0) is 6.61 Å². The van der Waals surface area contributed by atoms with Crippen LogP contribution in [0.5, 0.6) is 0 Å². The molecular weight excluding hydrogens is 186 g/mol. The molecule has 2 rings (SSSR count). The second-order valence-electron chi connectivity index (χ2n) is 3.51. The van der Waals surface area contributed by atoms with Crippen molar-refractivity contribution in [3.63, 3.8) is 0 Å². The molecule has 0 bridgehead atoms. The summed E-state index contributed by atoms with van der Waals surface area (Å²) in [4.78, 5) is 4.10. The van der Waals surface area contributed by atoms with E-state index < -0.39 is 0 Å². The molecule has 0 fully saturated rings. The predicted molar refractivity (Wildman–Crippen MR) is 60.3 cm³/mol. The van der Waals surface area contributed by atoms with Crippen LogP contribution in [0.15, 0.2) is 42.7 Å². The highest BCUT2D eigenvalue weighted by Crippen LogP contribution is 2.25. The summed E-state index contributed by atoms with van der Waals surface area (Å²) in [6, 6.07) is 9.96. The van der Waals surface area contributed by atoms with Crippen LogP contribution in [0.3, 0.4) is 0 Å². The zero-order valence-electron chi connectivity index (χ0n) is 8.64. The highest BCUT2D eigenvalue weighted by molar-refractivity contribution is 5.69. The van der Waals surface area contributed by atoms with Crippen molar-refractivity contribution in [3.8, 4) is 11.1 Å². The van der Waals surface area contributed by atoms with Gasteiger partial charge in [0.05, 0.1) is 6.61 Å². The van der Waals surface area contributed by atoms with Gasteiger partial charge in [-0.3, -0.25) is 4.98 Å². The third-order valence-electron chi connectivity index (χ3n) is 2.52. The molecule has 0 radical (unpaired) electrons. The number of hydrogen-bond donors (Lipinski definition) is 1. The Hall–Kier alpha value is -1.67. The molecule has 1 aromatic carbocycles. The number of aryl methyl sites for hydroxylation is 1. The smallest absolute Gasteiger partial charge is 0.0689 e. The second-order valence-corrected chi connectivity index (χ2v) is 3.51. The monoisotopic (exact) mass is 199 g/mol. The van der Waals surface area contributed by atoms with Crippen LogP contribution in [0.25, 0.3) is 11.1 Å². The lowest BCUT2D eigenvalue weighted by Gasteiger charge is -2.09. The Balaban J connectivity index is 2.59. The maximum atomic E-state index is 9.24. The molecule has 15 heavy (non-hydrogen) atoms. The molecule has 0 unspecified atom stereocenters. The van der Waals surface area contributed by atoms with E-state index in [0.717, 1.165) is 16.7 Å². The predicted octanol–water partition coefficient (Wildman–Crippen LogP) is 2.55. The molecule has 0 spiro atoms. The van der Waals surface area contributed by atoms with Crippen LogP contribution in [0.1, 0.15) is 11.1 Å². The lowest BCUT2D eigenvalue weighted by molar-refractivity contribution is 0.282.